The van der Waals surface area contributed by atoms with Gasteiger partial charge in [0.2, 0.25) is 10.5 Å². The van der Waals surface area contributed by atoms with Gasteiger partial charge >= 0.3 is 5.97 Å². The third kappa shape index (κ3) is 2.09. The maximum Gasteiger partial charge on any atom is 0.308 e. The summed E-state index contributed by atoms with van der Waals surface area (Å²) in [6, 6.07) is -0.410. The molecule has 3 nitrogen and oxygen atoms in total. The van der Waals surface area contributed by atoms with E-state index in [1.54, 1.807) is 0 Å². The fraction of sp³-hybridized carbons (Fsp3) is 0.750. The van der Waals surface area contributed by atoms with Crippen LogP contribution in [0.4, 0.5) is 0 Å². The summed E-state index contributed by atoms with van der Waals surface area (Å²) in [6.45, 7) is 1.85. The average Bonchev–Trinajstić information content (AvgIpc) is 1.84. The van der Waals surface area contributed by atoms with Crippen molar-refractivity contribution >= 4 is 16.5 Å². The number of carbonyl (C=O) groups excluding carboxylic acids is 1. The topological polar surface area (TPSA) is 52.3 Å². The normalized spacial score (nSPS) is 13.2. The van der Waals surface area contributed by atoms with Gasteiger partial charge < -0.3 is 10.2 Å². The summed E-state index contributed by atoms with van der Waals surface area (Å²) >= 11 is 0. The second-order valence-corrected chi connectivity index (χ2v) is 1.95. The second-order valence-electron chi connectivity index (χ2n) is 1.54. The lowest BCUT2D eigenvalue weighted by Gasteiger charge is -2.04. The van der Waals surface area contributed by atoms with Gasteiger partial charge in [0.15, 0.2) is 0 Å². The molecule has 0 radical (unpaired) electrons. The number of hydrogen-bond donors (Lipinski definition) is 1. The third-order valence-electron chi connectivity index (χ3n) is 0.944. The van der Waals surface area contributed by atoms with Crippen molar-refractivity contribution in [3.05, 3.63) is 0 Å². The van der Waals surface area contributed by atoms with Crippen molar-refractivity contribution < 1.29 is 9.22 Å². The van der Waals surface area contributed by atoms with Gasteiger partial charge in [0.1, 0.15) is 6.04 Å². The van der Waals surface area contributed by atoms with Crippen LogP contribution in [0.2, 0.25) is 0 Å². The summed E-state index contributed by atoms with van der Waals surface area (Å²) in [5, 5.41) is 0. The molecule has 0 aliphatic carbocycles. The van der Waals surface area contributed by atoms with E-state index in [1.807, 2.05) is 6.92 Å². The Kier molecular flexibility index (Phi) is 3.46. The molecule has 0 bridgehead atoms. The summed E-state index contributed by atoms with van der Waals surface area (Å²) in [5.41, 5.74) is 5.27. The highest BCUT2D eigenvalue weighted by Crippen LogP contribution is 1.86. The quantitative estimate of drug-likeness (QED) is 0.469. The minimum atomic E-state index is -0.410. The second kappa shape index (κ2) is 3.62. The van der Waals surface area contributed by atoms with E-state index in [4.69, 9.17) is 5.73 Å². The van der Waals surface area contributed by atoms with Gasteiger partial charge in [-0.25, -0.2) is 0 Å². The Morgan fingerprint density at radius 1 is 2.00 bits per heavy atom. The van der Waals surface area contributed by atoms with Gasteiger partial charge in [0.25, 0.3) is 0 Å². The lowest BCUT2D eigenvalue weighted by atomic mass is 10.2. The zero-order chi connectivity index (χ0) is 6.57. The van der Waals surface area contributed by atoms with Crippen LogP contribution in [-0.4, -0.2) is 22.5 Å². The summed E-state index contributed by atoms with van der Waals surface area (Å²) in [4.78, 5) is 10.4. The zero-order valence-corrected chi connectivity index (χ0v) is 7.18. The van der Waals surface area contributed by atoms with Crippen LogP contribution in [-0.2, 0) is 9.22 Å². The van der Waals surface area contributed by atoms with Gasteiger partial charge in [-0.1, -0.05) is 6.92 Å². The van der Waals surface area contributed by atoms with Crippen LogP contribution in [0.1, 0.15) is 13.3 Å². The molecule has 0 aliphatic rings. The zero-order valence-electron chi connectivity index (χ0n) is 5.18. The first kappa shape index (κ1) is 7.65. The van der Waals surface area contributed by atoms with E-state index in [1.165, 1.54) is 0 Å². The molecule has 8 heavy (non-hydrogen) atoms. The number of nitrogens with two attached hydrogens (primary N) is 1. The standard InChI is InChI=1S/C4H11NO2Si/c1-2-3(5)4(6)7-8/h3H,2,5H2,1,8H3. The fourth-order valence-electron chi connectivity index (χ4n) is 0.318. The van der Waals surface area contributed by atoms with Gasteiger partial charge in [-0.05, 0) is 6.42 Å². The van der Waals surface area contributed by atoms with Crippen molar-refractivity contribution in [3.8, 4) is 0 Å². The average molecular weight is 133 g/mol. The van der Waals surface area contributed by atoms with E-state index < -0.39 is 6.04 Å². The van der Waals surface area contributed by atoms with Crippen molar-refractivity contribution in [1.29, 1.82) is 0 Å². The Morgan fingerprint density at radius 2 is 2.50 bits per heavy atom. The highest BCUT2D eigenvalue weighted by Gasteiger charge is 2.08. The molecule has 0 heterocycles. The predicted molar refractivity (Wildman–Crippen MR) is 34.3 cm³/mol. The molecule has 1 atom stereocenters. The van der Waals surface area contributed by atoms with Gasteiger partial charge in [-0.2, -0.15) is 0 Å². The van der Waals surface area contributed by atoms with Crippen LogP contribution in [0.5, 0.6) is 0 Å². The van der Waals surface area contributed by atoms with Crippen molar-refractivity contribution in [2.45, 2.75) is 19.4 Å². The van der Waals surface area contributed by atoms with Gasteiger partial charge in [-0.3, -0.25) is 4.79 Å². The lowest BCUT2D eigenvalue weighted by Crippen LogP contribution is -2.30. The number of rotatable bonds is 2. The van der Waals surface area contributed by atoms with E-state index in [0.717, 1.165) is 0 Å². The predicted octanol–water partition coefficient (Wildman–Crippen LogP) is -1.45. The van der Waals surface area contributed by atoms with Crippen molar-refractivity contribution in [2.24, 2.45) is 5.73 Å². The number of carbonyl (C=O) groups is 1. The van der Waals surface area contributed by atoms with E-state index >= 15 is 0 Å². The van der Waals surface area contributed by atoms with Gasteiger partial charge in [0.05, 0.1) is 0 Å². The largest absolute Gasteiger partial charge is 0.528 e. The molecule has 0 aliphatic heterocycles. The molecule has 0 saturated carbocycles. The molecule has 1 unspecified atom stereocenters. The lowest BCUT2D eigenvalue weighted by molar-refractivity contribution is -0.135. The third-order valence-corrected chi connectivity index (χ3v) is 1.35. The van der Waals surface area contributed by atoms with Crippen molar-refractivity contribution in [2.75, 3.05) is 0 Å². The molecule has 2 N–H and O–H groups in total. The maximum atomic E-state index is 10.4. The molecule has 0 fully saturated rings. The molecule has 0 aromatic carbocycles. The Balaban J connectivity index is 3.46. The molecule has 48 valence electrons. The maximum absolute atomic E-state index is 10.4. The molecule has 0 amide bonds. The first-order valence-electron chi connectivity index (χ1n) is 2.55. The summed E-state index contributed by atoms with van der Waals surface area (Å²) < 4.78 is 4.48. The smallest absolute Gasteiger partial charge is 0.308 e. The van der Waals surface area contributed by atoms with Crippen LogP contribution in [0.25, 0.3) is 0 Å². The minimum absolute atomic E-state index is 0.279. The molecular formula is C4H11NO2Si. The van der Waals surface area contributed by atoms with Crippen LogP contribution >= 0.6 is 0 Å². The van der Waals surface area contributed by atoms with Crippen LogP contribution in [0, 0.1) is 0 Å². The Bertz CT molecular complexity index is 86.1. The molecule has 0 aromatic rings. The van der Waals surface area contributed by atoms with Crippen LogP contribution in [0.3, 0.4) is 0 Å². The van der Waals surface area contributed by atoms with Gasteiger partial charge in [0, 0.05) is 0 Å². The number of hydrogen-bond acceptors (Lipinski definition) is 3. The monoisotopic (exact) mass is 133 g/mol. The van der Waals surface area contributed by atoms with Crippen molar-refractivity contribution in [1.82, 2.24) is 0 Å². The Morgan fingerprint density at radius 3 is 2.62 bits per heavy atom. The van der Waals surface area contributed by atoms with Crippen LogP contribution in [0.15, 0.2) is 0 Å². The summed E-state index contributed by atoms with van der Waals surface area (Å²) in [5.74, 6) is -0.279. The highest BCUT2D eigenvalue weighted by molar-refractivity contribution is 6.06. The first-order chi connectivity index (χ1) is 3.72. The van der Waals surface area contributed by atoms with E-state index in [2.05, 4.69) is 4.43 Å². The van der Waals surface area contributed by atoms with E-state index in [-0.39, 0.29) is 5.97 Å². The summed E-state index contributed by atoms with van der Waals surface area (Å²) in [7, 11) is 0.446. The molecule has 0 aromatic heterocycles. The van der Waals surface area contributed by atoms with E-state index in [0.29, 0.717) is 16.9 Å². The highest BCUT2D eigenvalue weighted by atomic mass is 28.2. The Hall–Kier alpha value is -0.353. The van der Waals surface area contributed by atoms with Gasteiger partial charge in [-0.15, -0.1) is 0 Å². The van der Waals surface area contributed by atoms with Crippen LogP contribution < -0.4 is 5.73 Å². The molecular weight excluding hydrogens is 122 g/mol. The first-order valence-corrected chi connectivity index (χ1v) is 3.37. The summed E-state index contributed by atoms with van der Waals surface area (Å²) in [6.07, 6.45) is 0.654. The molecule has 0 spiro atoms. The molecule has 0 rings (SSSR count). The SMILES string of the molecule is CCC(N)C(=O)O[SiH3]. The molecule has 0 saturated heterocycles. The minimum Gasteiger partial charge on any atom is -0.528 e. The van der Waals surface area contributed by atoms with E-state index in [9.17, 15) is 4.79 Å². The van der Waals surface area contributed by atoms with Crippen molar-refractivity contribution in [3.63, 3.8) is 0 Å². The fourth-order valence-corrected chi connectivity index (χ4v) is 0.621. The molecule has 4 heteroatoms. The Labute approximate surface area is 51.7 Å².